The fourth-order valence-corrected chi connectivity index (χ4v) is 6.08. The van der Waals surface area contributed by atoms with Gasteiger partial charge in [-0.3, -0.25) is 0 Å². The summed E-state index contributed by atoms with van der Waals surface area (Å²) in [5.74, 6) is 0. The second-order valence-corrected chi connectivity index (χ2v) is 8.40. The van der Waals surface area contributed by atoms with Crippen LogP contribution in [-0.2, 0) is 10.0 Å². The number of hydrogen-bond donors (Lipinski definition) is 1. The zero-order valence-electron chi connectivity index (χ0n) is 10.1. The summed E-state index contributed by atoms with van der Waals surface area (Å²) in [5, 5.41) is 0.135. The molecule has 1 heterocycles. The Kier molecular flexibility index (Phi) is 4.98. The molecular formula is C11H11BrCl2N2O2S2. The molecule has 0 radical (unpaired) electrons. The molecule has 4 nitrogen and oxygen atoms in total. The molecule has 1 fully saturated rings. The first kappa shape index (κ1) is 16.5. The average Bonchev–Trinajstić information content (AvgIpc) is 2.75. The fraction of sp³-hybridized carbons (Fsp3) is 0.364. The number of halogens is 3. The number of rotatable bonds is 3. The number of benzene rings is 1. The van der Waals surface area contributed by atoms with Gasteiger partial charge in [-0.1, -0.05) is 51.3 Å². The second-order valence-electron chi connectivity index (χ2n) is 4.37. The minimum atomic E-state index is -3.83. The Labute approximate surface area is 141 Å². The predicted octanol–water partition coefficient (Wildman–Crippen LogP) is 3.20. The minimum absolute atomic E-state index is 0.0676. The highest BCUT2D eigenvalue weighted by Gasteiger charge is 2.38. The SMILES string of the molecule is NC(=S)C1CCCN1S(=O)(=O)c1c(Cl)cc(Br)cc1Cl. The van der Waals surface area contributed by atoms with Crippen LogP contribution in [0.25, 0.3) is 0 Å². The van der Waals surface area contributed by atoms with Crippen molar-refractivity contribution in [3.8, 4) is 0 Å². The van der Waals surface area contributed by atoms with Gasteiger partial charge in [-0.2, -0.15) is 4.31 Å². The molecule has 110 valence electrons. The number of sulfonamides is 1. The number of hydrogen-bond acceptors (Lipinski definition) is 3. The van der Waals surface area contributed by atoms with Crippen LogP contribution in [0.1, 0.15) is 12.8 Å². The highest BCUT2D eigenvalue weighted by atomic mass is 79.9. The molecule has 1 saturated heterocycles. The van der Waals surface area contributed by atoms with E-state index in [-0.39, 0.29) is 19.9 Å². The van der Waals surface area contributed by atoms with E-state index in [0.29, 0.717) is 23.9 Å². The van der Waals surface area contributed by atoms with Gasteiger partial charge in [0.15, 0.2) is 0 Å². The average molecular weight is 418 g/mol. The van der Waals surface area contributed by atoms with Gasteiger partial charge in [0, 0.05) is 11.0 Å². The van der Waals surface area contributed by atoms with Crippen molar-refractivity contribution in [3.63, 3.8) is 0 Å². The number of nitrogens with two attached hydrogens (primary N) is 1. The molecule has 0 saturated carbocycles. The first-order valence-electron chi connectivity index (χ1n) is 5.71. The summed E-state index contributed by atoms with van der Waals surface area (Å²) in [7, 11) is -3.83. The molecule has 0 spiro atoms. The Bertz CT molecular complexity index is 643. The van der Waals surface area contributed by atoms with Crippen LogP contribution in [0.15, 0.2) is 21.5 Å². The Balaban J connectivity index is 2.54. The molecule has 1 aliphatic rings. The van der Waals surface area contributed by atoms with Crippen LogP contribution in [0, 0.1) is 0 Å². The summed E-state index contributed by atoms with van der Waals surface area (Å²) < 4.78 is 27.3. The van der Waals surface area contributed by atoms with Crippen LogP contribution in [0.5, 0.6) is 0 Å². The molecule has 0 amide bonds. The van der Waals surface area contributed by atoms with Gasteiger partial charge in [0.1, 0.15) is 4.90 Å². The van der Waals surface area contributed by atoms with Crippen molar-refractivity contribution in [2.45, 2.75) is 23.8 Å². The molecule has 1 aromatic carbocycles. The van der Waals surface area contributed by atoms with Crippen molar-refractivity contribution >= 4 is 66.4 Å². The lowest BCUT2D eigenvalue weighted by atomic mass is 10.2. The van der Waals surface area contributed by atoms with Crippen molar-refractivity contribution in [2.24, 2.45) is 5.73 Å². The lowest BCUT2D eigenvalue weighted by Gasteiger charge is -2.24. The third-order valence-electron chi connectivity index (χ3n) is 3.06. The zero-order chi connectivity index (χ0) is 15.1. The molecule has 1 unspecified atom stereocenters. The van der Waals surface area contributed by atoms with E-state index >= 15 is 0 Å². The smallest absolute Gasteiger partial charge is 0.246 e. The van der Waals surface area contributed by atoms with E-state index in [1.807, 2.05) is 0 Å². The monoisotopic (exact) mass is 416 g/mol. The third-order valence-corrected chi connectivity index (χ3v) is 6.62. The molecule has 9 heteroatoms. The number of nitrogens with zero attached hydrogens (tertiary/aromatic N) is 1. The van der Waals surface area contributed by atoms with Gasteiger partial charge in [0.2, 0.25) is 10.0 Å². The largest absolute Gasteiger partial charge is 0.392 e. The quantitative estimate of drug-likeness (QED) is 0.767. The van der Waals surface area contributed by atoms with Crippen molar-refractivity contribution in [2.75, 3.05) is 6.54 Å². The topological polar surface area (TPSA) is 63.4 Å². The second kappa shape index (κ2) is 6.06. The summed E-state index contributed by atoms with van der Waals surface area (Å²) in [5.41, 5.74) is 5.61. The summed E-state index contributed by atoms with van der Waals surface area (Å²) in [6.45, 7) is 0.354. The van der Waals surface area contributed by atoms with Gasteiger partial charge in [-0.25, -0.2) is 8.42 Å². The molecule has 2 N–H and O–H groups in total. The van der Waals surface area contributed by atoms with Crippen LogP contribution >= 0.6 is 51.3 Å². The Morgan fingerprint density at radius 2 is 1.95 bits per heavy atom. The van der Waals surface area contributed by atoms with E-state index in [2.05, 4.69) is 15.9 Å². The van der Waals surface area contributed by atoms with Crippen LogP contribution < -0.4 is 5.73 Å². The molecule has 0 aliphatic carbocycles. The van der Waals surface area contributed by atoms with Crippen LogP contribution in [-0.4, -0.2) is 30.3 Å². The van der Waals surface area contributed by atoms with E-state index in [9.17, 15) is 8.42 Å². The molecule has 1 aromatic rings. The summed E-state index contributed by atoms with van der Waals surface area (Å²) in [4.78, 5) is 0.0580. The highest BCUT2D eigenvalue weighted by Crippen LogP contribution is 2.37. The molecule has 1 atom stereocenters. The predicted molar refractivity (Wildman–Crippen MR) is 87.9 cm³/mol. The number of thiocarbonyl (C=S) groups is 1. The van der Waals surface area contributed by atoms with Gasteiger partial charge in [0.05, 0.1) is 21.1 Å². The molecule has 2 rings (SSSR count). The van der Waals surface area contributed by atoms with Crippen molar-refractivity contribution in [3.05, 3.63) is 26.7 Å². The van der Waals surface area contributed by atoms with Gasteiger partial charge in [-0.05, 0) is 25.0 Å². The van der Waals surface area contributed by atoms with Gasteiger partial charge in [-0.15, -0.1) is 0 Å². The maximum Gasteiger partial charge on any atom is 0.246 e. The maximum absolute atomic E-state index is 12.7. The summed E-state index contributed by atoms with van der Waals surface area (Å²) in [6, 6.07) is 2.50. The van der Waals surface area contributed by atoms with E-state index in [0.717, 1.165) is 0 Å². The normalized spacial score (nSPS) is 20.2. The molecular weight excluding hydrogens is 407 g/mol. The van der Waals surface area contributed by atoms with E-state index in [4.69, 9.17) is 41.2 Å². The Hall–Kier alpha value is 0.0800. The maximum atomic E-state index is 12.7. The van der Waals surface area contributed by atoms with Gasteiger partial charge < -0.3 is 5.73 Å². The lowest BCUT2D eigenvalue weighted by Crippen LogP contribution is -2.42. The molecule has 20 heavy (non-hydrogen) atoms. The third kappa shape index (κ3) is 2.98. The van der Waals surface area contributed by atoms with Crippen LogP contribution in [0.4, 0.5) is 0 Å². The first-order chi connectivity index (χ1) is 9.25. The lowest BCUT2D eigenvalue weighted by molar-refractivity contribution is 0.446. The minimum Gasteiger partial charge on any atom is -0.392 e. The Morgan fingerprint density at radius 1 is 1.40 bits per heavy atom. The van der Waals surface area contributed by atoms with E-state index < -0.39 is 16.1 Å². The molecule has 0 aromatic heterocycles. The molecule has 0 bridgehead atoms. The Morgan fingerprint density at radius 3 is 2.45 bits per heavy atom. The summed E-state index contributed by atoms with van der Waals surface area (Å²) in [6.07, 6.45) is 1.31. The van der Waals surface area contributed by atoms with Gasteiger partial charge in [0.25, 0.3) is 0 Å². The van der Waals surface area contributed by atoms with E-state index in [1.54, 1.807) is 0 Å². The first-order valence-corrected chi connectivity index (χ1v) is 9.10. The zero-order valence-corrected chi connectivity index (χ0v) is 14.9. The highest BCUT2D eigenvalue weighted by molar-refractivity contribution is 9.10. The standard InChI is InChI=1S/C11H11BrCl2N2O2S2/c12-6-4-7(13)10(8(14)5-6)20(17,18)16-3-1-2-9(16)11(15)19/h4-5,9H,1-3H2,(H2,15,19). The van der Waals surface area contributed by atoms with Gasteiger partial charge >= 0.3 is 0 Å². The van der Waals surface area contributed by atoms with Crippen molar-refractivity contribution in [1.82, 2.24) is 4.31 Å². The van der Waals surface area contributed by atoms with Crippen molar-refractivity contribution < 1.29 is 8.42 Å². The van der Waals surface area contributed by atoms with Crippen LogP contribution in [0.2, 0.25) is 10.0 Å². The van der Waals surface area contributed by atoms with E-state index in [1.165, 1.54) is 16.4 Å². The molecule has 1 aliphatic heterocycles. The van der Waals surface area contributed by atoms with Crippen LogP contribution in [0.3, 0.4) is 0 Å². The van der Waals surface area contributed by atoms with Crippen molar-refractivity contribution in [1.29, 1.82) is 0 Å². The fourth-order valence-electron chi connectivity index (χ4n) is 2.20. The summed E-state index contributed by atoms with van der Waals surface area (Å²) >= 11 is 20.2.